The van der Waals surface area contributed by atoms with Crippen molar-refractivity contribution in [2.75, 3.05) is 5.32 Å². The molecule has 3 nitrogen and oxygen atoms in total. The molecule has 2 aromatic heterocycles. The van der Waals surface area contributed by atoms with E-state index in [4.69, 9.17) is 11.6 Å². The number of hydrogen-bond donors (Lipinski definition) is 1. The van der Waals surface area contributed by atoms with Crippen LogP contribution in [0.1, 0.15) is 5.69 Å². The van der Waals surface area contributed by atoms with Gasteiger partial charge in [0.15, 0.2) is 0 Å². The molecule has 2 rings (SSSR count). The Labute approximate surface area is 90.8 Å². The van der Waals surface area contributed by atoms with Crippen molar-refractivity contribution in [2.45, 2.75) is 6.92 Å². The lowest BCUT2D eigenvalue weighted by atomic mass is 10.4. The number of hydrogen-bond acceptors (Lipinski definition) is 4. The van der Waals surface area contributed by atoms with E-state index in [1.807, 2.05) is 29.8 Å². The predicted octanol–water partition coefficient (Wildman–Crippen LogP) is 3.24. The summed E-state index contributed by atoms with van der Waals surface area (Å²) < 4.78 is 0. The van der Waals surface area contributed by atoms with E-state index in [0.717, 1.165) is 17.2 Å². The van der Waals surface area contributed by atoms with Crippen LogP contribution in [-0.2, 0) is 0 Å². The Bertz CT molecular complexity index is 407. The number of anilines is 2. The van der Waals surface area contributed by atoms with Gasteiger partial charge < -0.3 is 5.32 Å². The number of nitrogens with zero attached hydrogens (tertiary/aromatic N) is 2. The first-order valence-electron chi connectivity index (χ1n) is 4.04. The van der Waals surface area contributed by atoms with Gasteiger partial charge in [0.1, 0.15) is 5.82 Å². The molecule has 14 heavy (non-hydrogen) atoms. The molecule has 5 heteroatoms. The van der Waals surface area contributed by atoms with Gasteiger partial charge in [-0.15, -0.1) is 0 Å². The van der Waals surface area contributed by atoms with Gasteiger partial charge in [0.2, 0.25) is 5.28 Å². The molecule has 0 aromatic carbocycles. The van der Waals surface area contributed by atoms with Crippen LogP contribution in [0, 0.1) is 6.92 Å². The summed E-state index contributed by atoms with van der Waals surface area (Å²) in [4.78, 5) is 8.04. The Kier molecular flexibility index (Phi) is 2.65. The van der Waals surface area contributed by atoms with Crippen LogP contribution in [0.15, 0.2) is 22.9 Å². The molecule has 0 amide bonds. The van der Waals surface area contributed by atoms with Crippen molar-refractivity contribution in [2.24, 2.45) is 0 Å². The molecule has 0 aliphatic carbocycles. The highest BCUT2D eigenvalue weighted by Crippen LogP contribution is 2.18. The van der Waals surface area contributed by atoms with Crippen LogP contribution in [-0.4, -0.2) is 9.97 Å². The Hall–Kier alpha value is -1.13. The molecule has 0 unspecified atom stereocenters. The third-order valence-electron chi connectivity index (χ3n) is 1.62. The maximum Gasteiger partial charge on any atom is 0.224 e. The molecule has 0 saturated carbocycles. The Morgan fingerprint density at radius 2 is 2.29 bits per heavy atom. The zero-order valence-electron chi connectivity index (χ0n) is 7.49. The fourth-order valence-corrected chi connectivity index (χ4v) is 1.89. The van der Waals surface area contributed by atoms with Gasteiger partial charge in [-0.1, -0.05) is 0 Å². The number of nitrogens with one attached hydrogen (secondary N) is 1. The van der Waals surface area contributed by atoms with Gasteiger partial charge in [0, 0.05) is 17.1 Å². The van der Waals surface area contributed by atoms with Crippen LogP contribution in [0.2, 0.25) is 5.28 Å². The number of halogens is 1. The summed E-state index contributed by atoms with van der Waals surface area (Å²) in [5, 5.41) is 7.41. The van der Waals surface area contributed by atoms with Gasteiger partial charge in [-0.2, -0.15) is 11.3 Å². The molecule has 0 bridgehead atoms. The molecule has 72 valence electrons. The Morgan fingerprint density at radius 1 is 1.43 bits per heavy atom. The SMILES string of the molecule is Cc1cc(Nc2ccsc2)nc(Cl)n1. The van der Waals surface area contributed by atoms with E-state index < -0.39 is 0 Å². The first kappa shape index (κ1) is 9.43. The fraction of sp³-hybridized carbons (Fsp3) is 0.111. The van der Waals surface area contributed by atoms with Gasteiger partial charge in [-0.05, 0) is 30.0 Å². The summed E-state index contributed by atoms with van der Waals surface area (Å²) in [6, 6.07) is 3.83. The molecule has 0 atom stereocenters. The third kappa shape index (κ3) is 2.21. The summed E-state index contributed by atoms with van der Waals surface area (Å²) in [5.74, 6) is 0.723. The molecule has 0 spiro atoms. The van der Waals surface area contributed by atoms with E-state index >= 15 is 0 Å². The maximum absolute atomic E-state index is 5.73. The van der Waals surface area contributed by atoms with Gasteiger partial charge >= 0.3 is 0 Å². The average Bonchev–Trinajstić information content (AvgIpc) is 2.54. The fourth-order valence-electron chi connectivity index (χ4n) is 1.08. The second-order valence-electron chi connectivity index (χ2n) is 2.80. The largest absolute Gasteiger partial charge is 0.339 e. The van der Waals surface area contributed by atoms with Crippen LogP contribution in [0.25, 0.3) is 0 Å². The van der Waals surface area contributed by atoms with E-state index in [1.54, 1.807) is 11.3 Å². The first-order valence-corrected chi connectivity index (χ1v) is 5.36. The standard InChI is InChI=1S/C9H8ClN3S/c1-6-4-8(13-9(10)11-6)12-7-2-3-14-5-7/h2-5H,1H3,(H,11,12,13). The Morgan fingerprint density at radius 3 is 2.93 bits per heavy atom. The van der Waals surface area contributed by atoms with Crippen LogP contribution >= 0.6 is 22.9 Å². The quantitative estimate of drug-likeness (QED) is 0.798. The molecule has 0 radical (unpaired) electrons. The maximum atomic E-state index is 5.73. The highest BCUT2D eigenvalue weighted by Gasteiger charge is 2.00. The van der Waals surface area contributed by atoms with E-state index in [9.17, 15) is 0 Å². The van der Waals surface area contributed by atoms with Gasteiger partial charge in [-0.25, -0.2) is 9.97 Å². The monoisotopic (exact) mass is 225 g/mol. The first-order chi connectivity index (χ1) is 6.74. The van der Waals surface area contributed by atoms with E-state index in [2.05, 4.69) is 15.3 Å². The molecule has 2 heterocycles. The summed E-state index contributed by atoms with van der Waals surface area (Å²) in [7, 11) is 0. The molecule has 1 N–H and O–H groups in total. The molecule has 0 aliphatic rings. The minimum Gasteiger partial charge on any atom is -0.339 e. The highest BCUT2D eigenvalue weighted by atomic mass is 35.5. The smallest absolute Gasteiger partial charge is 0.224 e. The van der Waals surface area contributed by atoms with Crippen molar-refractivity contribution in [1.82, 2.24) is 9.97 Å². The lowest BCUT2D eigenvalue weighted by molar-refractivity contribution is 1.10. The van der Waals surface area contributed by atoms with Crippen molar-refractivity contribution in [3.05, 3.63) is 33.9 Å². The lowest BCUT2D eigenvalue weighted by Gasteiger charge is -2.03. The van der Waals surface area contributed by atoms with Crippen molar-refractivity contribution in [3.8, 4) is 0 Å². The van der Waals surface area contributed by atoms with Gasteiger partial charge in [0.05, 0.1) is 5.69 Å². The van der Waals surface area contributed by atoms with Gasteiger partial charge in [0.25, 0.3) is 0 Å². The van der Waals surface area contributed by atoms with Gasteiger partial charge in [-0.3, -0.25) is 0 Å². The summed E-state index contributed by atoms with van der Waals surface area (Å²) in [6.07, 6.45) is 0. The third-order valence-corrected chi connectivity index (χ3v) is 2.47. The summed E-state index contributed by atoms with van der Waals surface area (Å²) >= 11 is 7.36. The minimum atomic E-state index is 0.266. The molecular weight excluding hydrogens is 218 g/mol. The number of aromatic nitrogens is 2. The molecule has 0 fully saturated rings. The molecule has 0 aliphatic heterocycles. The second-order valence-corrected chi connectivity index (χ2v) is 3.92. The molecular formula is C9H8ClN3S. The summed E-state index contributed by atoms with van der Waals surface area (Å²) in [6.45, 7) is 1.88. The predicted molar refractivity (Wildman–Crippen MR) is 59.4 cm³/mol. The van der Waals surface area contributed by atoms with Crippen molar-refractivity contribution in [3.63, 3.8) is 0 Å². The molecule has 0 saturated heterocycles. The second kappa shape index (κ2) is 3.94. The lowest BCUT2D eigenvalue weighted by Crippen LogP contribution is -1.95. The van der Waals surface area contributed by atoms with E-state index in [0.29, 0.717) is 0 Å². The highest BCUT2D eigenvalue weighted by molar-refractivity contribution is 7.08. The van der Waals surface area contributed by atoms with Crippen LogP contribution < -0.4 is 5.32 Å². The van der Waals surface area contributed by atoms with Crippen molar-refractivity contribution < 1.29 is 0 Å². The van der Waals surface area contributed by atoms with E-state index in [1.165, 1.54) is 0 Å². The average molecular weight is 226 g/mol. The van der Waals surface area contributed by atoms with Crippen LogP contribution in [0.3, 0.4) is 0 Å². The molecule has 2 aromatic rings. The topological polar surface area (TPSA) is 37.8 Å². The number of thiophene rings is 1. The number of rotatable bonds is 2. The number of aryl methyl sites for hydroxylation is 1. The zero-order valence-corrected chi connectivity index (χ0v) is 9.06. The van der Waals surface area contributed by atoms with Crippen LogP contribution in [0.4, 0.5) is 11.5 Å². The zero-order chi connectivity index (χ0) is 9.97. The van der Waals surface area contributed by atoms with Crippen molar-refractivity contribution >= 4 is 34.4 Å². The van der Waals surface area contributed by atoms with Crippen molar-refractivity contribution in [1.29, 1.82) is 0 Å². The normalized spacial score (nSPS) is 10.1. The minimum absolute atomic E-state index is 0.266. The van der Waals surface area contributed by atoms with Crippen LogP contribution in [0.5, 0.6) is 0 Å². The van der Waals surface area contributed by atoms with E-state index in [-0.39, 0.29) is 5.28 Å². The Balaban J connectivity index is 2.25. The summed E-state index contributed by atoms with van der Waals surface area (Å²) in [5.41, 5.74) is 1.87.